The zero-order valence-electron chi connectivity index (χ0n) is 13.6. The van der Waals surface area contributed by atoms with E-state index in [1.807, 2.05) is 0 Å². The maximum atomic E-state index is 5.90. The van der Waals surface area contributed by atoms with Gasteiger partial charge in [0, 0.05) is 12.6 Å². The Bertz CT molecular complexity index is 226. The van der Waals surface area contributed by atoms with Crippen molar-refractivity contribution in [3.8, 4) is 0 Å². The van der Waals surface area contributed by atoms with Gasteiger partial charge in [-0.05, 0) is 63.8 Å². The number of hydrogen-bond acceptors (Lipinski definition) is 3. The summed E-state index contributed by atoms with van der Waals surface area (Å²) in [4.78, 5) is 5.25. The second-order valence-corrected chi connectivity index (χ2v) is 6.48. The smallest absolute Gasteiger partial charge is 0.0235 e. The van der Waals surface area contributed by atoms with Gasteiger partial charge in [-0.3, -0.25) is 4.90 Å². The average Bonchev–Trinajstić information content (AvgIpc) is 2.84. The van der Waals surface area contributed by atoms with Crippen LogP contribution in [0, 0.1) is 11.8 Å². The Morgan fingerprint density at radius 2 is 1.95 bits per heavy atom. The molecule has 3 heteroatoms. The Balaban J connectivity index is 2.27. The van der Waals surface area contributed by atoms with Gasteiger partial charge in [-0.25, -0.2) is 0 Å². The third-order valence-electron chi connectivity index (χ3n) is 4.57. The van der Waals surface area contributed by atoms with Gasteiger partial charge in [0.05, 0.1) is 0 Å². The maximum Gasteiger partial charge on any atom is 0.0235 e. The van der Waals surface area contributed by atoms with E-state index in [9.17, 15) is 0 Å². The Labute approximate surface area is 120 Å². The Hall–Kier alpha value is -0.120. The van der Waals surface area contributed by atoms with Crippen LogP contribution in [0.15, 0.2) is 0 Å². The van der Waals surface area contributed by atoms with E-state index in [2.05, 4.69) is 37.5 Å². The van der Waals surface area contributed by atoms with Crippen LogP contribution in [0.25, 0.3) is 0 Å². The number of nitrogens with two attached hydrogens (primary N) is 1. The summed E-state index contributed by atoms with van der Waals surface area (Å²) in [7, 11) is 0. The summed E-state index contributed by atoms with van der Waals surface area (Å²) in [6, 6.07) is 0.788. The van der Waals surface area contributed by atoms with Gasteiger partial charge in [-0.1, -0.05) is 27.7 Å². The van der Waals surface area contributed by atoms with Crippen molar-refractivity contribution in [2.45, 2.75) is 53.0 Å². The van der Waals surface area contributed by atoms with E-state index < -0.39 is 0 Å². The SMILES string of the molecule is CCN(CC)C1CCN(CCC(CN)CC(C)C)C1. The molecule has 0 aromatic heterocycles. The van der Waals surface area contributed by atoms with Crippen LogP contribution in [0.4, 0.5) is 0 Å². The summed E-state index contributed by atoms with van der Waals surface area (Å²) < 4.78 is 0. The van der Waals surface area contributed by atoms with Crippen LogP contribution in [0.1, 0.15) is 47.0 Å². The molecule has 1 rings (SSSR count). The highest BCUT2D eigenvalue weighted by atomic mass is 15.2. The third-order valence-corrected chi connectivity index (χ3v) is 4.57. The molecule has 0 radical (unpaired) electrons. The first-order valence-corrected chi connectivity index (χ1v) is 8.27. The van der Waals surface area contributed by atoms with Gasteiger partial charge in [-0.2, -0.15) is 0 Å². The molecule has 1 saturated heterocycles. The average molecular weight is 269 g/mol. The van der Waals surface area contributed by atoms with Gasteiger partial charge in [0.25, 0.3) is 0 Å². The molecule has 0 bridgehead atoms. The fourth-order valence-corrected chi connectivity index (χ4v) is 3.42. The fraction of sp³-hybridized carbons (Fsp3) is 1.00. The van der Waals surface area contributed by atoms with E-state index >= 15 is 0 Å². The number of hydrogen-bond donors (Lipinski definition) is 1. The van der Waals surface area contributed by atoms with E-state index in [1.165, 1.54) is 52.0 Å². The van der Waals surface area contributed by atoms with Crippen molar-refractivity contribution in [2.24, 2.45) is 17.6 Å². The molecule has 0 spiro atoms. The minimum atomic E-state index is 0.715. The molecule has 114 valence electrons. The second kappa shape index (κ2) is 8.93. The summed E-state index contributed by atoms with van der Waals surface area (Å²) in [6.45, 7) is 16.2. The minimum absolute atomic E-state index is 0.715. The van der Waals surface area contributed by atoms with E-state index in [0.29, 0.717) is 5.92 Å². The van der Waals surface area contributed by atoms with Crippen molar-refractivity contribution >= 4 is 0 Å². The predicted molar refractivity (Wildman–Crippen MR) is 84.4 cm³/mol. The van der Waals surface area contributed by atoms with Gasteiger partial charge >= 0.3 is 0 Å². The molecule has 0 aromatic rings. The second-order valence-electron chi connectivity index (χ2n) is 6.48. The lowest BCUT2D eigenvalue weighted by atomic mass is 9.94. The van der Waals surface area contributed by atoms with Crippen molar-refractivity contribution in [1.82, 2.24) is 9.80 Å². The Morgan fingerprint density at radius 3 is 2.47 bits per heavy atom. The number of likely N-dealkylation sites (N-methyl/N-ethyl adjacent to an activating group) is 1. The Kier molecular flexibility index (Phi) is 7.96. The third kappa shape index (κ3) is 5.80. The van der Waals surface area contributed by atoms with Crippen molar-refractivity contribution in [3.05, 3.63) is 0 Å². The highest BCUT2D eigenvalue weighted by Crippen LogP contribution is 2.19. The van der Waals surface area contributed by atoms with Crippen LogP contribution in [-0.4, -0.2) is 55.1 Å². The largest absolute Gasteiger partial charge is 0.330 e. The lowest BCUT2D eigenvalue weighted by molar-refractivity contribution is 0.206. The molecule has 1 fully saturated rings. The molecule has 2 N–H and O–H groups in total. The van der Waals surface area contributed by atoms with Crippen LogP contribution in [0.3, 0.4) is 0 Å². The first-order valence-electron chi connectivity index (χ1n) is 8.27. The van der Waals surface area contributed by atoms with Crippen LogP contribution in [-0.2, 0) is 0 Å². The number of nitrogens with zero attached hydrogens (tertiary/aromatic N) is 2. The number of rotatable bonds is 9. The molecule has 19 heavy (non-hydrogen) atoms. The molecule has 0 saturated carbocycles. The van der Waals surface area contributed by atoms with Crippen LogP contribution >= 0.6 is 0 Å². The molecule has 0 amide bonds. The monoisotopic (exact) mass is 269 g/mol. The normalized spacial score (nSPS) is 22.6. The maximum absolute atomic E-state index is 5.90. The van der Waals surface area contributed by atoms with Crippen molar-refractivity contribution in [2.75, 3.05) is 39.3 Å². The fourth-order valence-electron chi connectivity index (χ4n) is 3.42. The van der Waals surface area contributed by atoms with Gasteiger partial charge in [-0.15, -0.1) is 0 Å². The number of likely N-dealkylation sites (tertiary alicyclic amines) is 1. The topological polar surface area (TPSA) is 32.5 Å². The van der Waals surface area contributed by atoms with E-state index in [0.717, 1.165) is 18.5 Å². The summed E-state index contributed by atoms with van der Waals surface area (Å²) >= 11 is 0. The Morgan fingerprint density at radius 1 is 1.26 bits per heavy atom. The van der Waals surface area contributed by atoms with Crippen molar-refractivity contribution in [1.29, 1.82) is 0 Å². The van der Waals surface area contributed by atoms with Gasteiger partial charge in [0.2, 0.25) is 0 Å². The first-order chi connectivity index (χ1) is 9.10. The van der Waals surface area contributed by atoms with Gasteiger partial charge < -0.3 is 10.6 Å². The zero-order chi connectivity index (χ0) is 14.3. The molecule has 3 nitrogen and oxygen atoms in total. The summed E-state index contributed by atoms with van der Waals surface area (Å²) in [5.41, 5.74) is 5.90. The molecule has 2 unspecified atom stereocenters. The predicted octanol–water partition coefficient (Wildman–Crippen LogP) is 2.41. The van der Waals surface area contributed by atoms with Gasteiger partial charge in [0.1, 0.15) is 0 Å². The summed E-state index contributed by atoms with van der Waals surface area (Å²) in [5.74, 6) is 1.49. The van der Waals surface area contributed by atoms with Gasteiger partial charge in [0.15, 0.2) is 0 Å². The lowest BCUT2D eigenvalue weighted by Gasteiger charge is -2.26. The van der Waals surface area contributed by atoms with E-state index in [4.69, 9.17) is 5.73 Å². The van der Waals surface area contributed by atoms with Crippen LogP contribution < -0.4 is 5.73 Å². The summed E-state index contributed by atoms with van der Waals surface area (Å²) in [5, 5.41) is 0. The zero-order valence-corrected chi connectivity index (χ0v) is 13.6. The molecular formula is C16H35N3. The highest BCUT2D eigenvalue weighted by Gasteiger charge is 2.26. The molecule has 1 aliphatic heterocycles. The lowest BCUT2D eigenvalue weighted by Crippen LogP contribution is -2.37. The first kappa shape index (κ1) is 16.9. The van der Waals surface area contributed by atoms with Crippen LogP contribution in [0.5, 0.6) is 0 Å². The quantitative estimate of drug-likeness (QED) is 0.698. The van der Waals surface area contributed by atoms with Crippen molar-refractivity contribution in [3.63, 3.8) is 0 Å². The summed E-state index contributed by atoms with van der Waals surface area (Å²) in [6.07, 6.45) is 3.91. The van der Waals surface area contributed by atoms with E-state index in [1.54, 1.807) is 0 Å². The molecule has 0 aliphatic carbocycles. The molecule has 2 atom stereocenters. The standard InChI is InChI=1S/C16H35N3/c1-5-19(6-2)16-8-10-18(13-16)9-7-15(12-17)11-14(3)4/h14-16H,5-13,17H2,1-4H3. The van der Waals surface area contributed by atoms with E-state index in [-0.39, 0.29) is 0 Å². The minimum Gasteiger partial charge on any atom is -0.330 e. The molecular weight excluding hydrogens is 234 g/mol. The molecule has 0 aromatic carbocycles. The molecule has 1 heterocycles. The van der Waals surface area contributed by atoms with Crippen molar-refractivity contribution < 1.29 is 0 Å². The van der Waals surface area contributed by atoms with Crippen LogP contribution in [0.2, 0.25) is 0 Å². The molecule has 1 aliphatic rings. The highest BCUT2D eigenvalue weighted by molar-refractivity contribution is 4.83.